The van der Waals surface area contributed by atoms with E-state index in [9.17, 15) is 4.79 Å². The molecule has 0 aliphatic rings. The van der Waals surface area contributed by atoms with Crippen LogP contribution in [0.3, 0.4) is 0 Å². The maximum atomic E-state index is 12.4. The number of likely N-dealkylation sites (N-methyl/N-ethyl adjacent to an activating group) is 1. The van der Waals surface area contributed by atoms with Crippen LogP contribution in [0.25, 0.3) is 11.9 Å². The van der Waals surface area contributed by atoms with Crippen LogP contribution < -0.4 is 0 Å². The zero-order valence-corrected chi connectivity index (χ0v) is 17.3. The fourth-order valence-corrected chi connectivity index (χ4v) is 3.87. The molecule has 0 aliphatic heterocycles. The lowest BCUT2D eigenvalue weighted by atomic mass is 10.2. The third-order valence-corrected chi connectivity index (χ3v) is 5.35. The summed E-state index contributed by atoms with van der Waals surface area (Å²) in [6.07, 6.45) is 5.38. The van der Waals surface area contributed by atoms with Gasteiger partial charge >= 0.3 is 0 Å². The first-order valence-corrected chi connectivity index (χ1v) is 10.00. The first-order chi connectivity index (χ1) is 12.9. The highest BCUT2D eigenvalue weighted by atomic mass is 32.1. The van der Waals surface area contributed by atoms with Crippen LogP contribution in [0.15, 0.2) is 41.2 Å². The number of amides is 1. The number of nitrogens with zero attached hydrogens (tertiary/aromatic N) is 4. The van der Waals surface area contributed by atoms with E-state index in [1.807, 2.05) is 41.5 Å². The van der Waals surface area contributed by atoms with Crippen LogP contribution in [0.1, 0.15) is 42.4 Å². The van der Waals surface area contributed by atoms with Gasteiger partial charge in [-0.05, 0) is 67.8 Å². The molecular weight excluding hydrogens is 356 g/mol. The Labute approximate surface area is 164 Å². The van der Waals surface area contributed by atoms with Crippen molar-refractivity contribution in [3.63, 3.8) is 0 Å². The van der Waals surface area contributed by atoms with Crippen LogP contribution in [0.5, 0.6) is 0 Å². The molecule has 142 valence electrons. The zero-order valence-electron chi connectivity index (χ0n) is 16.5. The number of hydrogen-bond donors (Lipinski definition) is 0. The Hall–Kier alpha value is -2.60. The van der Waals surface area contributed by atoms with Gasteiger partial charge in [-0.3, -0.25) is 4.79 Å². The van der Waals surface area contributed by atoms with Crippen LogP contribution in [0.4, 0.5) is 0 Å². The van der Waals surface area contributed by atoms with Gasteiger partial charge in [-0.15, -0.1) is 0 Å². The van der Waals surface area contributed by atoms with Gasteiger partial charge < -0.3 is 9.47 Å². The maximum Gasteiger partial charge on any atom is 0.246 e. The molecule has 0 saturated heterocycles. The summed E-state index contributed by atoms with van der Waals surface area (Å²) in [7, 11) is 1.83. The van der Waals surface area contributed by atoms with Crippen molar-refractivity contribution in [3.8, 4) is 5.82 Å². The Morgan fingerprint density at radius 3 is 2.78 bits per heavy atom. The monoisotopic (exact) mass is 382 g/mol. The second-order valence-electron chi connectivity index (χ2n) is 7.05. The summed E-state index contributed by atoms with van der Waals surface area (Å²) in [5.74, 6) is 1.04. The summed E-state index contributed by atoms with van der Waals surface area (Å²) < 4.78 is 4.19. The molecule has 0 fully saturated rings. The fraction of sp³-hybridized carbons (Fsp3) is 0.333. The Kier molecular flexibility index (Phi) is 5.65. The van der Waals surface area contributed by atoms with Gasteiger partial charge in [0.15, 0.2) is 0 Å². The molecule has 27 heavy (non-hydrogen) atoms. The quantitative estimate of drug-likeness (QED) is 0.585. The molecule has 0 saturated carbocycles. The molecule has 0 N–H and O–H groups in total. The van der Waals surface area contributed by atoms with E-state index in [0.717, 1.165) is 28.3 Å². The predicted octanol–water partition coefficient (Wildman–Crippen LogP) is 4.60. The highest BCUT2D eigenvalue weighted by molar-refractivity contribution is 7.07. The SMILES string of the molecule is Cc1cc(C=CC(=O)N(C)Cc2ccsc2)c(C)n1-c1ccnn1C(C)C. The normalized spacial score (nSPS) is 11.6. The molecule has 3 heterocycles. The van der Waals surface area contributed by atoms with E-state index in [4.69, 9.17) is 0 Å². The maximum absolute atomic E-state index is 12.4. The number of aryl methyl sites for hydroxylation is 1. The molecule has 5 nitrogen and oxygen atoms in total. The summed E-state index contributed by atoms with van der Waals surface area (Å²) >= 11 is 1.65. The highest BCUT2D eigenvalue weighted by Crippen LogP contribution is 2.23. The standard InChI is InChI=1S/C21H26N4OS/c1-15(2)25-20(8-10-22-25)24-16(3)12-19(17(24)4)6-7-21(26)23(5)13-18-9-11-27-14-18/h6-12,14-15H,13H2,1-5H3. The number of thiophene rings is 1. The number of rotatable bonds is 6. The Balaban J connectivity index is 1.81. The van der Waals surface area contributed by atoms with Crippen molar-refractivity contribution in [3.05, 3.63) is 63.7 Å². The first kappa shape index (κ1) is 19.2. The third-order valence-electron chi connectivity index (χ3n) is 4.62. The summed E-state index contributed by atoms with van der Waals surface area (Å²) in [5, 5.41) is 8.53. The molecule has 0 atom stereocenters. The minimum absolute atomic E-state index is 0.00164. The van der Waals surface area contributed by atoms with Crippen LogP contribution in [-0.2, 0) is 11.3 Å². The number of carbonyl (C=O) groups excluding carboxylic acids is 1. The van der Waals surface area contributed by atoms with Crippen molar-refractivity contribution in [1.82, 2.24) is 19.2 Å². The van der Waals surface area contributed by atoms with E-state index in [1.54, 1.807) is 22.3 Å². The first-order valence-electron chi connectivity index (χ1n) is 9.05. The van der Waals surface area contributed by atoms with Crippen LogP contribution in [-0.4, -0.2) is 32.2 Å². The van der Waals surface area contributed by atoms with Gasteiger partial charge in [0.25, 0.3) is 0 Å². The van der Waals surface area contributed by atoms with Gasteiger partial charge in [-0.25, -0.2) is 4.68 Å². The van der Waals surface area contributed by atoms with E-state index < -0.39 is 0 Å². The van der Waals surface area contributed by atoms with Crippen molar-refractivity contribution in [1.29, 1.82) is 0 Å². The van der Waals surface area contributed by atoms with Gasteiger partial charge in [-0.2, -0.15) is 16.4 Å². The molecular formula is C21H26N4OS. The van der Waals surface area contributed by atoms with E-state index in [1.165, 1.54) is 0 Å². The smallest absolute Gasteiger partial charge is 0.246 e. The molecule has 6 heteroatoms. The van der Waals surface area contributed by atoms with Crippen molar-refractivity contribution >= 4 is 23.3 Å². The average molecular weight is 383 g/mol. The molecule has 0 radical (unpaired) electrons. The van der Waals surface area contributed by atoms with Gasteiger partial charge in [-0.1, -0.05) is 0 Å². The third kappa shape index (κ3) is 4.06. The number of aromatic nitrogens is 3. The van der Waals surface area contributed by atoms with Crippen LogP contribution in [0, 0.1) is 13.8 Å². The fourth-order valence-electron chi connectivity index (χ4n) is 3.21. The molecule has 0 bridgehead atoms. The lowest BCUT2D eigenvalue weighted by molar-refractivity contribution is -0.125. The Morgan fingerprint density at radius 2 is 2.11 bits per heavy atom. The lowest BCUT2D eigenvalue weighted by Gasteiger charge is -2.15. The number of carbonyl (C=O) groups is 1. The topological polar surface area (TPSA) is 43.1 Å². The summed E-state index contributed by atoms with van der Waals surface area (Å²) in [4.78, 5) is 14.2. The molecule has 0 aromatic carbocycles. The largest absolute Gasteiger partial charge is 0.338 e. The molecule has 3 rings (SSSR count). The summed E-state index contributed by atoms with van der Waals surface area (Å²) in [6, 6.07) is 6.45. The second-order valence-corrected chi connectivity index (χ2v) is 7.83. The van der Waals surface area contributed by atoms with E-state index in [-0.39, 0.29) is 11.9 Å². The second kappa shape index (κ2) is 7.96. The van der Waals surface area contributed by atoms with Crippen molar-refractivity contribution < 1.29 is 4.79 Å². The highest BCUT2D eigenvalue weighted by Gasteiger charge is 2.14. The van der Waals surface area contributed by atoms with Crippen molar-refractivity contribution in [2.45, 2.75) is 40.3 Å². The predicted molar refractivity (Wildman–Crippen MR) is 111 cm³/mol. The zero-order chi connectivity index (χ0) is 19.6. The minimum Gasteiger partial charge on any atom is -0.338 e. The van der Waals surface area contributed by atoms with Gasteiger partial charge in [0.1, 0.15) is 5.82 Å². The van der Waals surface area contributed by atoms with E-state index in [2.05, 4.69) is 48.8 Å². The van der Waals surface area contributed by atoms with Crippen LogP contribution in [0.2, 0.25) is 0 Å². The van der Waals surface area contributed by atoms with Crippen molar-refractivity contribution in [2.24, 2.45) is 0 Å². The molecule has 0 unspecified atom stereocenters. The van der Waals surface area contributed by atoms with Crippen molar-refractivity contribution in [2.75, 3.05) is 7.05 Å². The average Bonchev–Trinajstić information content (AvgIpc) is 3.34. The van der Waals surface area contributed by atoms with E-state index in [0.29, 0.717) is 6.54 Å². The molecule has 0 aliphatic carbocycles. The lowest BCUT2D eigenvalue weighted by Crippen LogP contribution is -2.23. The molecule has 0 spiro atoms. The van der Waals surface area contributed by atoms with Gasteiger partial charge in [0, 0.05) is 43.2 Å². The minimum atomic E-state index is -0.00164. The molecule has 3 aromatic rings. The van der Waals surface area contributed by atoms with Gasteiger partial charge in [0.05, 0.1) is 6.20 Å². The van der Waals surface area contributed by atoms with Crippen LogP contribution >= 0.6 is 11.3 Å². The summed E-state index contributed by atoms with van der Waals surface area (Å²) in [6.45, 7) is 9.01. The molecule has 3 aromatic heterocycles. The number of hydrogen-bond acceptors (Lipinski definition) is 3. The molecule has 1 amide bonds. The van der Waals surface area contributed by atoms with E-state index >= 15 is 0 Å². The van der Waals surface area contributed by atoms with Gasteiger partial charge in [0.2, 0.25) is 5.91 Å². The Bertz CT molecular complexity index is 947. The summed E-state index contributed by atoms with van der Waals surface area (Å²) in [5.41, 5.74) is 4.42. The Morgan fingerprint density at radius 1 is 1.33 bits per heavy atom.